The Bertz CT molecular complexity index is 557. The minimum Gasteiger partial charge on any atom is -0.312 e. The number of halogens is 1. The summed E-state index contributed by atoms with van der Waals surface area (Å²) in [5, 5.41) is 3.30. The first-order chi connectivity index (χ1) is 9.46. The van der Waals surface area contributed by atoms with Crippen molar-refractivity contribution in [2.75, 3.05) is 13.1 Å². The summed E-state index contributed by atoms with van der Waals surface area (Å²) >= 11 is 4.91. The van der Waals surface area contributed by atoms with Crippen LogP contribution in [0.1, 0.15) is 38.0 Å². The van der Waals surface area contributed by atoms with Crippen LogP contribution < -0.4 is 5.32 Å². The molecule has 1 aliphatic heterocycles. The van der Waals surface area contributed by atoms with Crippen LogP contribution in [0.5, 0.6) is 0 Å². The van der Waals surface area contributed by atoms with Gasteiger partial charge in [-0.15, -0.1) is 11.3 Å². The molecule has 1 saturated heterocycles. The third-order valence-corrected chi connectivity index (χ3v) is 7.78. The molecule has 1 unspecified atom stereocenters. The highest BCUT2D eigenvalue weighted by Gasteiger charge is 2.34. The Balaban J connectivity index is 2.19. The molecule has 0 saturated carbocycles. The minimum absolute atomic E-state index is 0.105. The highest BCUT2D eigenvalue weighted by Crippen LogP contribution is 2.35. The molecule has 1 aliphatic rings. The van der Waals surface area contributed by atoms with Crippen molar-refractivity contribution in [1.82, 2.24) is 9.62 Å². The van der Waals surface area contributed by atoms with Gasteiger partial charge in [-0.3, -0.25) is 0 Å². The van der Waals surface area contributed by atoms with Gasteiger partial charge in [-0.2, -0.15) is 4.31 Å². The molecule has 1 fully saturated rings. The molecule has 0 bridgehead atoms. The summed E-state index contributed by atoms with van der Waals surface area (Å²) in [6.07, 6.45) is 2.97. The van der Waals surface area contributed by atoms with Crippen LogP contribution in [0.2, 0.25) is 0 Å². The molecule has 0 aliphatic carbocycles. The van der Waals surface area contributed by atoms with Crippen molar-refractivity contribution in [3.05, 3.63) is 14.7 Å². The molecular formula is C13H21BrN2O2S2. The summed E-state index contributed by atoms with van der Waals surface area (Å²) < 4.78 is 27.7. The summed E-state index contributed by atoms with van der Waals surface area (Å²) in [5.41, 5.74) is 0. The highest BCUT2D eigenvalue weighted by molar-refractivity contribution is 9.11. The van der Waals surface area contributed by atoms with E-state index < -0.39 is 10.0 Å². The fourth-order valence-electron chi connectivity index (χ4n) is 2.44. The Morgan fingerprint density at radius 3 is 2.90 bits per heavy atom. The zero-order valence-electron chi connectivity index (χ0n) is 11.9. The van der Waals surface area contributed by atoms with Crippen molar-refractivity contribution in [2.45, 2.75) is 50.6 Å². The highest BCUT2D eigenvalue weighted by atomic mass is 79.9. The second kappa shape index (κ2) is 6.87. The van der Waals surface area contributed by atoms with Crippen LogP contribution in [0.4, 0.5) is 0 Å². The van der Waals surface area contributed by atoms with E-state index in [1.807, 2.05) is 6.92 Å². The van der Waals surface area contributed by atoms with E-state index >= 15 is 0 Å². The zero-order valence-corrected chi connectivity index (χ0v) is 15.1. The lowest BCUT2D eigenvalue weighted by Crippen LogP contribution is -2.33. The molecule has 0 aromatic carbocycles. The summed E-state index contributed by atoms with van der Waals surface area (Å²) in [7, 11) is -3.36. The summed E-state index contributed by atoms with van der Waals surface area (Å²) in [5.74, 6) is 0. The number of thiophene rings is 1. The fourth-order valence-corrected chi connectivity index (χ4v) is 6.74. The predicted octanol–water partition coefficient (Wildman–Crippen LogP) is 3.18. The number of sulfonamides is 1. The Morgan fingerprint density at radius 1 is 1.55 bits per heavy atom. The van der Waals surface area contributed by atoms with E-state index in [2.05, 4.69) is 28.2 Å². The van der Waals surface area contributed by atoms with Gasteiger partial charge in [0, 0.05) is 24.0 Å². The van der Waals surface area contributed by atoms with E-state index in [0.717, 1.165) is 37.2 Å². The molecule has 2 heterocycles. The van der Waals surface area contributed by atoms with Crippen molar-refractivity contribution >= 4 is 37.3 Å². The SMILES string of the molecule is CCCNCc1cc(S(=O)(=O)N2CCCC2C)c(Br)s1. The topological polar surface area (TPSA) is 49.4 Å². The van der Waals surface area contributed by atoms with Crippen LogP contribution in [-0.4, -0.2) is 31.9 Å². The van der Waals surface area contributed by atoms with E-state index in [1.165, 1.54) is 11.3 Å². The van der Waals surface area contributed by atoms with Gasteiger partial charge in [-0.25, -0.2) is 8.42 Å². The average Bonchev–Trinajstić information content (AvgIpc) is 2.96. The molecule has 1 N–H and O–H groups in total. The maximum absolute atomic E-state index is 12.7. The zero-order chi connectivity index (χ0) is 14.8. The normalized spacial score (nSPS) is 20.6. The molecule has 0 radical (unpaired) electrons. The fraction of sp³-hybridized carbons (Fsp3) is 0.692. The van der Waals surface area contributed by atoms with Gasteiger partial charge in [0.15, 0.2) is 0 Å². The van der Waals surface area contributed by atoms with Crippen molar-refractivity contribution in [3.63, 3.8) is 0 Å². The number of hydrogen-bond acceptors (Lipinski definition) is 4. The molecule has 2 rings (SSSR count). The third kappa shape index (κ3) is 3.44. The van der Waals surface area contributed by atoms with E-state index in [1.54, 1.807) is 10.4 Å². The lowest BCUT2D eigenvalue weighted by molar-refractivity contribution is 0.408. The average molecular weight is 381 g/mol. The number of hydrogen-bond donors (Lipinski definition) is 1. The Kier molecular flexibility index (Phi) is 5.64. The Morgan fingerprint density at radius 2 is 2.30 bits per heavy atom. The van der Waals surface area contributed by atoms with Crippen LogP contribution >= 0.6 is 27.3 Å². The van der Waals surface area contributed by atoms with Crippen molar-refractivity contribution in [2.24, 2.45) is 0 Å². The van der Waals surface area contributed by atoms with Gasteiger partial charge in [0.05, 0.1) is 3.79 Å². The quantitative estimate of drug-likeness (QED) is 0.770. The molecule has 1 aromatic rings. The molecule has 7 heteroatoms. The summed E-state index contributed by atoms with van der Waals surface area (Å²) in [4.78, 5) is 1.47. The second-order valence-electron chi connectivity index (χ2n) is 5.13. The van der Waals surface area contributed by atoms with Gasteiger partial charge in [0.25, 0.3) is 0 Å². The summed E-state index contributed by atoms with van der Waals surface area (Å²) in [6, 6.07) is 1.91. The third-order valence-electron chi connectivity index (χ3n) is 3.51. The van der Waals surface area contributed by atoms with E-state index in [0.29, 0.717) is 15.2 Å². The first-order valence-corrected chi connectivity index (χ1v) is 10.0. The van der Waals surface area contributed by atoms with E-state index in [4.69, 9.17) is 0 Å². The number of rotatable bonds is 6. The number of nitrogens with one attached hydrogen (secondary N) is 1. The molecule has 1 atom stereocenters. The lowest BCUT2D eigenvalue weighted by atomic mass is 10.3. The monoisotopic (exact) mass is 380 g/mol. The molecule has 4 nitrogen and oxygen atoms in total. The van der Waals surface area contributed by atoms with Crippen LogP contribution in [0, 0.1) is 0 Å². The van der Waals surface area contributed by atoms with Crippen LogP contribution in [0.25, 0.3) is 0 Å². The predicted molar refractivity (Wildman–Crippen MR) is 86.6 cm³/mol. The van der Waals surface area contributed by atoms with Gasteiger partial charge in [0.2, 0.25) is 10.0 Å². The van der Waals surface area contributed by atoms with Crippen LogP contribution in [0.3, 0.4) is 0 Å². The maximum atomic E-state index is 12.7. The smallest absolute Gasteiger partial charge is 0.245 e. The van der Waals surface area contributed by atoms with Crippen molar-refractivity contribution < 1.29 is 8.42 Å². The lowest BCUT2D eigenvalue weighted by Gasteiger charge is -2.20. The van der Waals surface area contributed by atoms with Gasteiger partial charge < -0.3 is 5.32 Å². The van der Waals surface area contributed by atoms with Crippen LogP contribution in [-0.2, 0) is 16.6 Å². The molecule has 114 valence electrons. The van der Waals surface area contributed by atoms with Gasteiger partial charge in [-0.05, 0) is 54.7 Å². The minimum atomic E-state index is -3.36. The second-order valence-corrected chi connectivity index (χ2v) is 9.45. The Labute approximate surface area is 133 Å². The molecular weight excluding hydrogens is 360 g/mol. The van der Waals surface area contributed by atoms with E-state index in [9.17, 15) is 8.42 Å². The van der Waals surface area contributed by atoms with Gasteiger partial charge >= 0.3 is 0 Å². The van der Waals surface area contributed by atoms with Crippen molar-refractivity contribution in [3.8, 4) is 0 Å². The van der Waals surface area contributed by atoms with Crippen molar-refractivity contribution in [1.29, 1.82) is 0 Å². The first kappa shape index (κ1) is 16.4. The standard InChI is InChI=1S/C13H21BrN2O2S2/c1-3-6-15-9-11-8-12(13(14)19-11)20(17,18)16-7-4-5-10(16)2/h8,10,15H,3-7,9H2,1-2H3. The maximum Gasteiger partial charge on any atom is 0.245 e. The first-order valence-electron chi connectivity index (χ1n) is 6.97. The molecule has 0 amide bonds. The largest absolute Gasteiger partial charge is 0.312 e. The molecule has 1 aromatic heterocycles. The molecule has 0 spiro atoms. The van der Waals surface area contributed by atoms with E-state index in [-0.39, 0.29) is 6.04 Å². The number of nitrogens with zero attached hydrogens (tertiary/aromatic N) is 1. The van der Waals surface area contributed by atoms with Crippen LogP contribution in [0.15, 0.2) is 14.7 Å². The van der Waals surface area contributed by atoms with Gasteiger partial charge in [0.1, 0.15) is 4.90 Å². The van der Waals surface area contributed by atoms with Gasteiger partial charge in [-0.1, -0.05) is 6.92 Å². The summed E-state index contributed by atoms with van der Waals surface area (Å²) in [6.45, 7) is 6.40. The Hall–Kier alpha value is 0.0500. The molecule has 20 heavy (non-hydrogen) atoms.